The van der Waals surface area contributed by atoms with Crippen LogP contribution in [-0.2, 0) is 4.74 Å². The highest BCUT2D eigenvalue weighted by Gasteiger charge is 2.39. The molecule has 0 bridgehead atoms. The van der Waals surface area contributed by atoms with E-state index in [0.717, 1.165) is 12.0 Å². The number of amides is 1. The monoisotopic (exact) mass is 345 g/mol. The van der Waals surface area contributed by atoms with E-state index < -0.39 is 11.7 Å². The number of rotatable bonds is 2. The van der Waals surface area contributed by atoms with Crippen LogP contribution in [0.5, 0.6) is 0 Å². The summed E-state index contributed by atoms with van der Waals surface area (Å²) in [5.74, 6) is 0.0206. The van der Waals surface area contributed by atoms with Crippen LogP contribution < -0.4 is 0 Å². The largest absolute Gasteiger partial charge is 0.444 e. The molecule has 1 aromatic carbocycles. The number of nitrogens with zero attached hydrogens (tertiary/aromatic N) is 1. The number of halogens is 2. The molecule has 122 valence electrons. The van der Waals surface area contributed by atoms with Crippen molar-refractivity contribution in [1.29, 1.82) is 0 Å². The first kappa shape index (κ1) is 17.4. The minimum atomic E-state index is -0.557. The van der Waals surface area contributed by atoms with E-state index in [9.17, 15) is 9.90 Å². The van der Waals surface area contributed by atoms with Crippen molar-refractivity contribution in [3.63, 3.8) is 0 Å². The van der Waals surface area contributed by atoms with Gasteiger partial charge in [-0.1, -0.05) is 29.3 Å². The summed E-state index contributed by atoms with van der Waals surface area (Å²) in [5.41, 5.74) is 0.415. The van der Waals surface area contributed by atoms with E-state index in [1.54, 1.807) is 17.0 Å². The first-order valence-corrected chi connectivity index (χ1v) is 8.04. The molecule has 6 heteroatoms. The van der Waals surface area contributed by atoms with Gasteiger partial charge in [0.1, 0.15) is 5.60 Å². The minimum absolute atomic E-state index is 0.0206. The Bertz CT molecular complexity index is 557. The van der Waals surface area contributed by atoms with Gasteiger partial charge >= 0.3 is 6.09 Å². The lowest BCUT2D eigenvalue weighted by Crippen LogP contribution is -2.42. The van der Waals surface area contributed by atoms with E-state index in [1.807, 2.05) is 26.8 Å². The van der Waals surface area contributed by atoms with Crippen molar-refractivity contribution in [2.45, 2.75) is 44.8 Å². The molecule has 1 N–H and O–H groups in total. The van der Waals surface area contributed by atoms with Crippen LogP contribution >= 0.6 is 23.2 Å². The number of carbonyl (C=O) groups excluding carboxylic acids is 1. The standard InChI is InChI=1S/C16H21Cl2NO3/c1-16(2,3)22-15(21)19-7-6-11(14(19)9-20)10-4-5-12(17)13(18)8-10/h4-5,8,11,14,20H,6-7,9H2,1-3H3. The average Bonchev–Trinajstić information content (AvgIpc) is 2.83. The van der Waals surface area contributed by atoms with E-state index in [0.29, 0.717) is 16.6 Å². The summed E-state index contributed by atoms with van der Waals surface area (Å²) in [4.78, 5) is 13.9. The predicted molar refractivity (Wildman–Crippen MR) is 87.6 cm³/mol. The molecule has 0 aliphatic carbocycles. The summed E-state index contributed by atoms with van der Waals surface area (Å²) in [6.45, 7) is 5.90. The second-order valence-corrected chi connectivity index (χ2v) is 7.31. The predicted octanol–water partition coefficient (Wildman–Crippen LogP) is 4.08. The van der Waals surface area contributed by atoms with Gasteiger partial charge in [-0.05, 0) is 44.9 Å². The number of benzene rings is 1. The highest BCUT2D eigenvalue weighted by molar-refractivity contribution is 6.42. The van der Waals surface area contributed by atoms with Crippen LogP contribution in [0.15, 0.2) is 18.2 Å². The molecule has 1 aliphatic rings. The quantitative estimate of drug-likeness (QED) is 0.878. The van der Waals surface area contributed by atoms with E-state index in [-0.39, 0.29) is 18.6 Å². The smallest absolute Gasteiger partial charge is 0.410 e. The molecular formula is C16H21Cl2NO3. The zero-order valence-electron chi connectivity index (χ0n) is 13.0. The Morgan fingerprint density at radius 1 is 1.36 bits per heavy atom. The van der Waals surface area contributed by atoms with E-state index in [2.05, 4.69) is 0 Å². The number of hydrogen-bond donors (Lipinski definition) is 1. The lowest BCUT2D eigenvalue weighted by molar-refractivity contribution is 0.0165. The summed E-state index contributed by atoms with van der Waals surface area (Å²) in [7, 11) is 0. The summed E-state index contributed by atoms with van der Waals surface area (Å²) in [6, 6.07) is 5.12. The lowest BCUT2D eigenvalue weighted by atomic mass is 9.92. The first-order valence-electron chi connectivity index (χ1n) is 7.28. The lowest BCUT2D eigenvalue weighted by Gasteiger charge is -2.29. The molecule has 0 spiro atoms. The average molecular weight is 346 g/mol. The number of aliphatic hydroxyl groups is 1. The normalized spacial score (nSPS) is 22.0. The Hall–Kier alpha value is -0.970. The highest BCUT2D eigenvalue weighted by Crippen LogP contribution is 2.36. The maximum Gasteiger partial charge on any atom is 0.410 e. The molecule has 1 saturated heterocycles. The number of hydrogen-bond acceptors (Lipinski definition) is 3. The van der Waals surface area contributed by atoms with Gasteiger partial charge in [-0.2, -0.15) is 0 Å². The Morgan fingerprint density at radius 2 is 2.05 bits per heavy atom. The van der Waals surface area contributed by atoms with Crippen molar-refractivity contribution >= 4 is 29.3 Å². The third-order valence-corrected chi connectivity index (χ3v) is 4.47. The number of ether oxygens (including phenoxy) is 1. The van der Waals surface area contributed by atoms with Crippen molar-refractivity contribution in [1.82, 2.24) is 4.90 Å². The Balaban J connectivity index is 2.18. The van der Waals surface area contributed by atoms with E-state index >= 15 is 0 Å². The van der Waals surface area contributed by atoms with Gasteiger partial charge in [0.15, 0.2) is 0 Å². The van der Waals surface area contributed by atoms with Crippen molar-refractivity contribution in [3.05, 3.63) is 33.8 Å². The topological polar surface area (TPSA) is 49.8 Å². The minimum Gasteiger partial charge on any atom is -0.444 e. The van der Waals surface area contributed by atoms with Gasteiger partial charge in [-0.15, -0.1) is 0 Å². The maximum absolute atomic E-state index is 12.3. The Labute approximate surface area is 141 Å². The summed E-state index contributed by atoms with van der Waals surface area (Å²) >= 11 is 12.0. The molecule has 0 radical (unpaired) electrons. The van der Waals surface area contributed by atoms with Crippen molar-refractivity contribution in [2.24, 2.45) is 0 Å². The second kappa shape index (κ2) is 6.65. The molecule has 22 heavy (non-hydrogen) atoms. The van der Waals surface area contributed by atoms with Crippen LogP contribution in [0.1, 0.15) is 38.7 Å². The maximum atomic E-state index is 12.3. The molecule has 0 saturated carbocycles. The number of aliphatic hydroxyl groups excluding tert-OH is 1. The summed E-state index contributed by atoms with van der Waals surface area (Å²) in [5, 5.41) is 10.7. The van der Waals surface area contributed by atoms with Crippen LogP contribution in [0, 0.1) is 0 Å². The van der Waals surface area contributed by atoms with Crippen LogP contribution in [0.4, 0.5) is 4.79 Å². The van der Waals surface area contributed by atoms with Crippen LogP contribution in [0.25, 0.3) is 0 Å². The SMILES string of the molecule is CC(C)(C)OC(=O)N1CCC(c2ccc(Cl)c(Cl)c2)C1CO. The summed E-state index contributed by atoms with van der Waals surface area (Å²) < 4.78 is 5.41. The van der Waals surface area contributed by atoms with Crippen molar-refractivity contribution in [2.75, 3.05) is 13.2 Å². The van der Waals surface area contributed by atoms with Crippen LogP contribution in [0.3, 0.4) is 0 Å². The van der Waals surface area contributed by atoms with E-state index in [1.165, 1.54) is 0 Å². The van der Waals surface area contributed by atoms with Gasteiger partial charge in [0, 0.05) is 12.5 Å². The molecular weight excluding hydrogens is 325 g/mol. The third-order valence-electron chi connectivity index (χ3n) is 3.73. The molecule has 1 heterocycles. The van der Waals surface area contributed by atoms with Gasteiger partial charge in [-0.25, -0.2) is 4.79 Å². The Kier molecular flexibility index (Phi) is 5.25. The van der Waals surface area contributed by atoms with Crippen LogP contribution in [-0.4, -0.2) is 40.9 Å². The highest BCUT2D eigenvalue weighted by atomic mass is 35.5. The molecule has 1 amide bonds. The Morgan fingerprint density at radius 3 is 2.59 bits per heavy atom. The number of likely N-dealkylation sites (tertiary alicyclic amines) is 1. The molecule has 0 aromatic heterocycles. The summed E-state index contributed by atoms with van der Waals surface area (Å²) in [6.07, 6.45) is 0.358. The molecule has 2 unspecified atom stereocenters. The fourth-order valence-electron chi connectivity index (χ4n) is 2.76. The molecule has 4 nitrogen and oxygen atoms in total. The fourth-order valence-corrected chi connectivity index (χ4v) is 3.06. The van der Waals surface area contributed by atoms with Crippen molar-refractivity contribution in [3.8, 4) is 0 Å². The van der Waals surface area contributed by atoms with Gasteiger partial charge in [-0.3, -0.25) is 0 Å². The van der Waals surface area contributed by atoms with Gasteiger partial charge < -0.3 is 14.7 Å². The third kappa shape index (κ3) is 3.86. The molecule has 1 aromatic rings. The first-order chi connectivity index (χ1) is 10.2. The zero-order valence-corrected chi connectivity index (χ0v) is 14.5. The molecule has 1 aliphatic heterocycles. The van der Waals surface area contributed by atoms with Gasteiger partial charge in [0.2, 0.25) is 0 Å². The van der Waals surface area contributed by atoms with Crippen molar-refractivity contribution < 1.29 is 14.6 Å². The van der Waals surface area contributed by atoms with E-state index in [4.69, 9.17) is 27.9 Å². The second-order valence-electron chi connectivity index (χ2n) is 6.49. The van der Waals surface area contributed by atoms with Gasteiger partial charge in [0.25, 0.3) is 0 Å². The zero-order chi connectivity index (χ0) is 16.5. The molecule has 2 atom stereocenters. The number of carbonyl (C=O) groups is 1. The molecule has 2 rings (SSSR count). The van der Waals surface area contributed by atoms with Crippen LogP contribution in [0.2, 0.25) is 10.0 Å². The fraction of sp³-hybridized carbons (Fsp3) is 0.562. The van der Waals surface area contributed by atoms with Gasteiger partial charge in [0.05, 0.1) is 22.7 Å². The molecule has 1 fully saturated rings.